The molecule has 0 aliphatic heterocycles. The van der Waals surface area contributed by atoms with Crippen molar-refractivity contribution in [3.63, 3.8) is 0 Å². The number of fused-ring (bicyclic) bond motifs is 1. The van der Waals surface area contributed by atoms with Gasteiger partial charge in [0.2, 0.25) is 0 Å². The average molecular weight is 231 g/mol. The molecule has 2 aromatic rings. The summed E-state index contributed by atoms with van der Waals surface area (Å²) in [5.41, 5.74) is 0. The molecule has 2 heteroatoms. The molecule has 1 nitrogen and oxygen atoms in total. The average Bonchev–Trinajstić information content (AvgIpc) is 2.33. The maximum atomic E-state index is 6.10. The van der Waals surface area contributed by atoms with Crippen molar-refractivity contribution in [3.05, 3.63) is 41.4 Å². The van der Waals surface area contributed by atoms with Crippen LogP contribution in [0.25, 0.3) is 10.8 Å². The smallest absolute Gasteiger partial charge is 0.156 e. The normalized spacial score (nSPS) is 12.1. The lowest BCUT2D eigenvalue weighted by molar-refractivity contribution is 0.282. The van der Waals surface area contributed by atoms with Crippen molar-refractivity contribution >= 4 is 22.4 Å². The largest absolute Gasteiger partial charge is 0.477 e. The van der Waals surface area contributed by atoms with Gasteiger partial charge in [-0.2, -0.15) is 0 Å². The third kappa shape index (κ3) is 1.98. The zero-order chi connectivity index (χ0) is 11.5. The molecule has 0 aromatic heterocycles. The predicted molar refractivity (Wildman–Crippen MR) is 67.9 cm³/mol. The highest BCUT2D eigenvalue weighted by molar-refractivity contribution is 6.35. The van der Waals surface area contributed by atoms with Gasteiger partial charge >= 0.3 is 0 Å². The molecule has 0 aliphatic carbocycles. The highest BCUT2D eigenvalue weighted by atomic mass is 35.5. The quantitative estimate of drug-likeness (QED) is 0.712. The first-order valence-corrected chi connectivity index (χ1v) is 5.40. The molecular formula is C14H11ClO. The number of ether oxygens (including phenoxy) is 1. The van der Waals surface area contributed by atoms with Gasteiger partial charge in [0.25, 0.3) is 0 Å². The van der Waals surface area contributed by atoms with E-state index in [2.05, 4.69) is 5.92 Å². The third-order valence-corrected chi connectivity index (χ3v) is 2.70. The molecule has 0 aliphatic rings. The molecule has 0 N–H and O–H groups in total. The molecule has 0 spiro atoms. The van der Waals surface area contributed by atoms with Crippen LogP contribution in [-0.2, 0) is 0 Å². The van der Waals surface area contributed by atoms with Gasteiger partial charge in [0.05, 0.1) is 0 Å². The number of halogens is 1. The lowest BCUT2D eigenvalue weighted by Crippen LogP contribution is -2.08. The minimum atomic E-state index is -0.246. The van der Waals surface area contributed by atoms with E-state index >= 15 is 0 Å². The molecule has 1 atom stereocenters. The molecule has 16 heavy (non-hydrogen) atoms. The first kappa shape index (κ1) is 10.9. The Kier molecular flexibility index (Phi) is 3.03. The zero-order valence-electron chi connectivity index (χ0n) is 8.91. The number of hydrogen-bond acceptors (Lipinski definition) is 1. The Morgan fingerprint density at radius 2 is 1.88 bits per heavy atom. The maximum absolute atomic E-state index is 6.10. The van der Waals surface area contributed by atoms with E-state index in [1.54, 1.807) is 0 Å². The van der Waals surface area contributed by atoms with Gasteiger partial charge in [0.15, 0.2) is 6.10 Å². The third-order valence-electron chi connectivity index (χ3n) is 2.37. The Balaban J connectivity index is 2.55. The molecule has 0 radical (unpaired) electrons. The van der Waals surface area contributed by atoms with Crippen LogP contribution >= 0.6 is 11.6 Å². The lowest BCUT2D eigenvalue weighted by atomic mass is 10.1. The van der Waals surface area contributed by atoms with E-state index in [0.29, 0.717) is 0 Å². The van der Waals surface area contributed by atoms with E-state index in [-0.39, 0.29) is 6.10 Å². The van der Waals surface area contributed by atoms with Crippen LogP contribution in [0.1, 0.15) is 6.92 Å². The maximum Gasteiger partial charge on any atom is 0.156 e. The summed E-state index contributed by atoms with van der Waals surface area (Å²) in [7, 11) is 0. The van der Waals surface area contributed by atoms with Crippen molar-refractivity contribution in [1.82, 2.24) is 0 Å². The van der Waals surface area contributed by atoms with Gasteiger partial charge in [-0.25, -0.2) is 0 Å². The predicted octanol–water partition coefficient (Wildman–Crippen LogP) is 3.89. The fourth-order valence-corrected chi connectivity index (χ4v) is 1.79. The lowest BCUT2D eigenvalue weighted by Gasteiger charge is -2.12. The van der Waals surface area contributed by atoms with Crippen molar-refractivity contribution in [2.45, 2.75) is 13.0 Å². The van der Waals surface area contributed by atoms with Crippen molar-refractivity contribution in [2.75, 3.05) is 0 Å². The van der Waals surface area contributed by atoms with Gasteiger partial charge < -0.3 is 4.74 Å². The monoisotopic (exact) mass is 230 g/mol. The van der Waals surface area contributed by atoms with E-state index in [9.17, 15) is 0 Å². The van der Waals surface area contributed by atoms with Crippen LogP contribution in [0.4, 0.5) is 0 Å². The van der Waals surface area contributed by atoms with Crippen LogP contribution in [0.5, 0.6) is 5.75 Å². The molecule has 1 unspecified atom stereocenters. The summed E-state index contributed by atoms with van der Waals surface area (Å²) in [6.45, 7) is 1.84. The highest BCUT2D eigenvalue weighted by Gasteiger charge is 2.06. The van der Waals surface area contributed by atoms with Crippen LogP contribution in [0.3, 0.4) is 0 Å². The fourth-order valence-electron chi connectivity index (χ4n) is 1.56. The highest BCUT2D eigenvalue weighted by Crippen LogP contribution is 2.31. The number of terminal acetylenes is 1. The Hall–Kier alpha value is -1.65. The summed E-state index contributed by atoms with van der Waals surface area (Å²) < 4.78 is 5.64. The Morgan fingerprint density at radius 1 is 1.19 bits per heavy atom. The van der Waals surface area contributed by atoms with Crippen molar-refractivity contribution < 1.29 is 4.74 Å². The first-order valence-electron chi connectivity index (χ1n) is 5.02. The minimum Gasteiger partial charge on any atom is -0.477 e. The van der Waals surface area contributed by atoms with E-state index in [1.807, 2.05) is 43.3 Å². The van der Waals surface area contributed by atoms with Crippen molar-refractivity contribution in [1.29, 1.82) is 0 Å². The Bertz CT molecular complexity index is 554. The van der Waals surface area contributed by atoms with Gasteiger partial charge in [-0.15, -0.1) is 6.42 Å². The Morgan fingerprint density at radius 3 is 2.56 bits per heavy atom. The van der Waals surface area contributed by atoms with E-state index in [4.69, 9.17) is 22.8 Å². The second kappa shape index (κ2) is 4.47. The SMILES string of the molecule is C#CC(C)Oc1ccc(Cl)c2ccccc12. The topological polar surface area (TPSA) is 9.23 Å². The van der Waals surface area contributed by atoms with E-state index < -0.39 is 0 Å². The molecular weight excluding hydrogens is 220 g/mol. The van der Waals surface area contributed by atoms with Gasteiger partial charge in [0, 0.05) is 15.8 Å². The van der Waals surface area contributed by atoms with Crippen LogP contribution in [-0.4, -0.2) is 6.10 Å². The molecule has 80 valence electrons. The molecule has 0 heterocycles. The number of rotatable bonds is 2. The van der Waals surface area contributed by atoms with Crippen LogP contribution in [0.2, 0.25) is 5.02 Å². The molecule has 0 fully saturated rings. The minimum absolute atomic E-state index is 0.246. The Labute approximate surface area is 100.0 Å². The molecule has 0 amide bonds. The van der Waals surface area contributed by atoms with Gasteiger partial charge in [-0.3, -0.25) is 0 Å². The van der Waals surface area contributed by atoms with E-state index in [0.717, 1.165) is 21.5 Å². The zero-order valence-corrected chi connectivity index (χ0v) is 9.66. The molecule has 0 bridgehead atoms. The van der Waals surface area contributed by atoms with Crippen molar-refractivity contribution in [2.24, 2.45) is 0 Å². The summed E-state index contributed by atoms with van der Waals surface area (Å²) >= 11 is 6.10. The van der Waals surface area contributed by atoms with E-state index in [1.165, 1.54) is 0 Å². The summed E-state index contributed by atoms with van der Waals surface area (Å²) in [4.78, 5) is 0. The molecule has 2 aromatic carbocycles. The first-order chi connectivity index (χ1) is 7.72. The molecule has 2 rings (SSSR count). The summed E-state index contributed by atoms with van der Waals surface area (Å²) in [5.74, 6) is 3.31. The molecule has 0 saturated heterocycles. The summed E-state index contributed by atoms with van der Waals surface area (Å²) in [6, 6.07) is 11.5. The van der Waals surface area contributed by atoms with Crippen LogP contribution < -0.4 is 4.74 Å². The van der Waals surface area contributed by atoms with Gasteiger partial charge in [-0.1, -0.05) is 41.8 Å². The fraction of sp³-hybridized carbons (Fsp3) is 0.143. The second-order valence-corrected chi connectivity index (χ2v) is 3.93. The summed E-state index contributed by atoms with van der Waals surface area (Å²) in [5, 5.41) is 2.68. The van der Waals surface area contributed by atoms with Crippen molar-refractivity contribution in [3.8, 4) is 18.1 Å². The standard InChI is InChI=1S/C14H11ClO/c1-3-10(2)16-14-9-8-13(15)11-6-4-5-7-12(11)14/h1,4-10H,2H3. The summed E-state index contributed by atoms with van der Waals surface area (Å²) in [6.07, 6.45) is 5.05. The number of hydrogen-bond donors (Lipinski definition) is 0. The van der Waals surface area contributed by atoms with Crippen LogP contribution in [0.15, 0.2) is 36.4 Å². The second-order valence-electron chi connectivity index (χ2n) is 3.52. The van der Waals surface area contributed by atoms with Gasteiger partial charge in [0.1, 0.15) is 5.75 Å². The number of benzene rings is 2. The van der Waals surface area contributed by atoms with Crippen LogP contribution in [0, 0.1) is 12.3 Å². The van der Waals surface area contributed by atoms with Gasteiger partial charge in [-0.05, 0) is 19.1 Å². The molecule has 0 saturated carbocycles.